The van der Waals surface area contributed by atoms with Gasteiger partial charge in [0.25, 0.3) is 0 Å². The first-order chi connectivity index (χ1) is 7.67. The van der Waals surface area contributed by atoms with Gasteiger partial charge in [-0.2, -0.15) is 5.26 Å². The molecule has 0 aliphatic rings. The predicted octanol–water partition coefficient (Wildman–Crippen LogP) is 3.94. The zero-order valence-corrected chi connectivity index (χ0v) is 10.5. The van der Waals surface area contributed by atoms with Crippen LogP contribution in [0, 0.1) is 11.3 Å². The molecular formula is C13H14N2S. The average Bonchev–Trinajstić information content (AvgIpc) is 2.71. The van der Waals surface area contributed by atoms with Crippen LogP contribution in [-0.4, -0.2) is 7.05 Å². The Morgan fingerprint density at radius 3 is 2.69 bits per heavy atom. The van der Waals surface area contributed by atoms with Gasteiger partial charge in [-0.05, 0) is 23.4 Å². The van der Waals surface area contributed by atoms with Crippen molar-refractivity contribution >= 4 is 27.1 Å². The summed E-state index contributed by atoms with van der Waals surface area (Å²) in [7, 11) is 1.85. The number of thiophene rings is 1. The van der Waals surface area contributed by atoms with Gasteiger partial charge in [-0.25, -0.2) is 0 Å². The number of anilines is 1. The van der Waals surface area contributed by atoms with Crippen molar-refractivity contribution in [2.24, 2.45) is 0 Å². The Morgan fingerprint density at radius 1 is 1.38 bits per heavy atom. The van der Waals surface area contributed by atoms with Crippen molar-refractivity contribution in [3.63, 3.8) is 0 Å². The highest BCUT2D eigenvalue weighted by Crippen LogP contribution is 2.35. The number of benzene rings is 1. The lowest BCUT2D eigenvalue weighted by Gasteiger charge is -2.02. The maximum Gasteiger partial charge on any atom is 0.103 e. The smallest absolute Gasteiger partial charge is 0.103 e. The standard InChI is InChI=1S/C13H14N2S/c1-8(2)12-6-9-4-5-11(15-3)10(7-14)13(9)16-12/h4-6,8,15H,1-3H3. The van der Waals surface area contributed by atoms with Crippen molar-refractivity contribution in [2.75, 3.05) is 12.4 Å². The predicted molar refractivity (Wildman–Crippen MR) is 70.2 cm³/mol. The minimum absolute atomic E-state index is 0.516. The van der Waals surface area contributed by atoms with Crippen molar-refractivity contribution in [1.82, 2.24) is 0 Å². The SMILES string of the molecule is CNc1ccc2cc(C(C)C)sc2c1C#N. The number of hydrogen-bond acceptors (Lipinski definition) is 3. The molecule has 2 rings (SSSR count). The summed E-state index contributed by atoms with van der Waals surface area (Å²) in [5.74, 6) is 0.516. The Balaban J connectivity index is 2.73. The largest absolute Gasteiger partial charge is 0.387 e. The van der Waals surface area contributed by atoms with E-state index in [0.29, 0.717) is 5.92 Å². The van der Waals surface area contributed by atoms with Gasteiger partial charge in [0, 0.05) is 11.9 Å². The first-order valence-corrected chi connectivity index (χ1v) is 6.13. The number of fused-ring (bicyclic) bond motifs is 1. The highest BCUT2D eigenvalue weighted by molar-refractivity contribution is 7.19. The van der Waals surface area contributed by atoms with Crippen LogP contribution in [0.5, 0.6) is 0 Å². The molecule has 3 heteroatoms. The van der Waals surface area contributed by atoms with Crippen LogP contribution in [0.3, 0.4) is 0 Å². The summed E-state index contributed by atoms with van der Waals surface area (Å²) in [5, 5.41) is 13.4. The van der Waals surface area contributed by atoms with E-state index < -0.39 is 0 Å². The molecule has 2 aromatic rings. The van der Waals surface area contributed by atoms with Crippen molar-refractivity contribution < 1.29 is 0 Å². The van der Waals surface area contributed by atoms with E-state index in [2.05, 4.69) is 37.4 Å². The van der Waals surface area contributed by atoms with Gasteiger partial charge in [-0.3, -0.25) is 0 Å². The number of nitrogens with one attached hydrogen (secondary N) is 1. The fourth-order valence-electron chi connectivity index (χ4n) is 1.73. The molecule has 1 aromatic carbocycles. The second kappa shape index (κ2) is 4.15. The monoisotopic (exact) mass is 230 g/mol. The Morgan fingerprint density at radius 2 is 2.12 bits per heavy atom. The molecule has 82 valence electrons. The Bertz CT molecular complexity index is 561. The molecule has 0 saturated carbocycles. The zero-order chi connectivity index (χ0) is 11.7. The minimum atomic E-state index is 0.516. The third-order valence-corrected chi connectivity index (χ3v) is 4.12. The molecule has 0 fully saturated rings. The van der Waals surface area contributed by atoms with E-state index in [0.717, 1.165) is 16.0 Å². The van der Waals surface area contributed by atoms with Crippen LogP contribution >= 0.6 is 11.3 Å². The molecule has 0 spiro atoms. The Hall–Kier alpha value is -1.53. The van der Waals surface area contributed by atoms with Gasteiger partial charge in [-0.15, -0.1) is 11.3 Å². The zero-order valence-electron chi connectivity index (χ0n) is 9.66. The molecule has 2 nitrogen and oxygen atoms in total. The van der Waals surface area contributed by atoms with Gasteiger partial charge in [0.2, 0.25) is 0 Å². The average molecular weight is 230 g/mol. The van der Waals surface area contributed by atoms with Crippen molar-refractivity contribution in [1.29, 1.82) is 5.26 Å². The quantitative estimate of drug-likeness (QED) is 0.848. The van der Waals surface area contributed by atoms with Crippen LogP contribution < -0.4 is 5.32 Å². The van der Waals surface area contributed by atoms with E-state index in [-0.39, 0.29) is 0 Å². The third kappa shape index (κ3) is 1.66. The molecule has 0 atom stereocenters. The maximum absolute atomic E-state index is 9.21. The van der Waals surface area contributed by atoms with E-state index >= 15 is 0 Å². The van der Waals surface area contributed by atoms with Crippen LogP contribution in [0.15, 0.2) is 18.2 Å². The van der Waals surface area contributed by atoms with Crippen LogP contribution in [0.25, 0.3) is 10.1 Å². The first kappa shape index (κ1) is 11.0. The van der Waals surface area contributed by atoms with Gasteiger partial charge in [0.05, 0.1) is 16.0 Å². The van der Waals surface area contributed by atoms with Crippen LogP contribution in [0.4, 0.5) is 5.69 Å². The van der Waals surface area contributed by atoms with Crippen molar-refractivity contribution in [3.05, 3.63) is 28.6 Å². The summed E-state index contributed by atoms with van der Waals surface area (Å²) >= 11 is 1.72. The summed E-state index contributed by atoms with van der Waals surface area (Å²) in [4.78, 5) is 1.33. The Labute approximate surface area is 99.5 Å². The van der Waals surface area contributed by atoms with E-state index in [4.69, 9.17) is 0 Å². The van der Waals surface area contributed by atoms with Crippen molar-refractivity contribution in [3.8, 4) is 6.07 Å². The van der Waals surface area contributed by atoms with E-state index in [1.165, 1.54) is 10.3 Å². The maximum atomic E-state index is 9.21. The van der Waals surface area contributed by atoms with Gasteiger partial charge < -0.3 is 5.32 Å². The van der Waals surface area contributed by atoms with E-state index in [1.807, 2.05) is 13.1 Å². The fraction of sp³-hybridized carbons (Fsp3) is 0.308. The minimum Gasteiger partial charge on any atom is -0.387 e. The summed E-state index contributed by atoms with van der Waals surface area (Å²) in [6, 6.07) is 8.52. The second-order valence-electron chi connectivity index (χ2n) is 4.07. The number of rotatable bonds is 2. The molecule has 0 unspecified atom stereocenters. The molecule has 16 heavy (non-hydrogen) atoms. The lowest BCUT2D eigenvalue weighted by molar-refractivity contribution is 0.890. The van der Waals surface area contributed by atoms with E-state index in [1.54, 1.807) is 11.3 Å². The summed E-state index contributed by atoms with van der Waals surface area (Å²) in [5.41, 5.74) is 1.67. The summed E-state index contributed by atoms with van der Waals surface area (Å²) in [6.45, 7) is 4.35. The molecule has 0 radical (unpaired) electrons. The molecule has 0 aliphatic carbocycles. The molecule has 1 aromatic heterocycles. The number of nitriles is 1. The summed E-state index contributed by atoms with van der Waals surface area (Å²) in [6.07, 6.45) is 0. The molecule has 0 aliphatic heterocycles. The fourth-order valence-corrected chi connectivity index (χ4v) is 2.89. The molecule has 0 bridgehead atoms. The molecule has 0 amide bonds. The van der Waals surface area contributed by atoms with Crippen LogP contribution in [-0.2, 0) is 0 Å². The van der Waals surface area contributed by atoms with Gasteiger partial charge >= 0.3 is 0 Å². The lowest BCUT2D eigenvalue weighted by atomic mass is 10.1. The Kier molecular flexibility index (Phi) is 2.84. The first-order valence-electron chi connectivity index (χ1n) is 5.31. The summed E-state index contributed by atoms with van der Waals surface area (Å²) < 4.78 is 1.10. The van der Waals surface area contributed by atoms with Gasteiger partial charge in [-0.1, -0.05) is 19.9 Å². The third-order valence-electron chi connectivity index (χ3n) is 2.66. The molecule has 0 saturated heterocycles. The molecule has 1 heterocycles. The van der Waals surface area contributed by atoms with E-state index in [9.17, 15) is 5.26 Å². The lowest BCUT2D eigenvalue weighted by Crippen LogP contribution is -1.91. The van der Waals surface area contributed by atoms with Crippen molar-refractivity contribution in [2.45, 2.75) is 19.8 Å². The molecule has 1 N–H and O–H groups in total. The van der Waals surface area contributed by atoms with Gasteiger partial charge in [0.1, 0.15) is 6.07 Å². The highest BCUT2D eigenvalue weighted by Gasteiger charge is 2.11. The van der Waals surface area contributed by atoms with Crippen LogP contribution in [0.2, 0.25) is 0 Å². The van der Waals surface area contributed by atoms with Crippen LogP contribution in [0.1, 0.15) is 30.2 Å². The number of nitrogens with zero attached hydrogens (tertiary/aromatic N) is 1. The highest BCUT2D eigenvalue weighted by atomic mass is 32.1. The normalized spacial score (nSPS) is 10.7. The topological polar surface area (TPSA) is 35.8 Å². The second-order valence-corrected chi connectivity index (χ2v) is 5.16. The number of hydrogen-bond donors (Lipinski definition) is 1. The van der Waals surface area contributed by atoms with Gasteiger partial charge in [0.15, 0.2) is 0 Å². The molecular weight excluding hydrogens is 216 g/mol.